The summed E-state index contributed by atoms with van der Waals surface area (Å²) in [5.74, 6) is 0. The zero-order chi connectivity index (χ0) is 14.5. The Morgan fingerprint density at radius 3 is 2.40 bits per heavy atom. The van der Waals surface area contributed by atoms with Gasteiger partial charge in [0.15, 0.2) is 0 Å². The van der Waals surface area contributed by atoms with Gasteiger partial charge < -0.3 is 0 Å². The van der Waals surface area contributed by atoms with Crippen LogP contribution in [0.1, 0.15) is 64.3 Å². The van der Waals surface area contributed by atoms with Crippen LogP contribution < -0.4 is 0 Å². The second-order valence-electron chi connectivity index (χ2n) is 7.70. The quantitative estimate of drug-likeness (QED) is 0.778. The molecule has 1 aliphatic carbocycles. The van der Waals surface area contributed by atoms with E-state index in [9.17, 15) is 0 Å². The second-order valence-corrected chi connectivity index (χ2v) is 7.70. The van der Waals surface area contributed by atoms with Gasteiger partial charge in [0, 0.05) is 22.8 Å². The van der Waals surface area contributed by atoms with Crippen LogP contribution in [-0.4, -0.2) is 32.8 Å². The molecule has 1 saturated heterocycles. The Morgan fingerprint density at radius 2 is 1.80 bits per heavy atom. The Balaban J connectivity index is 1.91. The van der Waals surface area contributed by atoms with Crippen LogP contribution in [0.5, 0.6) is 0 Å². The number of aromatic nitrogens is 2. The first-order valence-corrected chi connectivity index (χ1v) is 7.78. The number of nitrogens with zero attached hydrogens (tertiary/aromatic N) is 3. The first-order chi connectivity index (χ1) is 9.29. The molecule has 3 rings (SSSR count). The van der Waals surface area contributed by atoms with E-state index in [1.165, 1.54) is 11.3 Å². The van der Waals surface area contributed by atoms with Crippen LogP contribution in [0.3, 0.4) is 0 Å². The summed E-state index contributed by atoms with van der Waals surface area (Å²) in [5.41, 5.74) is 3.04. The number of piperidine rings is 1. The highest BCUT2D eigenvalue weighted by Crippen LogP contribution is 2.42. The molecule has 0 atom stereocenters. The molecule has 0 amide bonds. The molecule has 0 aromatic carbocycles. The Morgan fingerprint density at radius 1 is 1.15 bits per heavy atom. The van der Waals surface area contributed by atoms with Crippen LogP contribution in [0.2, 0.25) is 0 Å². The van der Waals surface area contributed by atoms with Gasteiger partial charge in [-0.1, -0.05) is 12.2 Å². The van der Waals surface area contributed by atoms with E-state index in [1.54, 1.807) is 0 Å². The van der Waals surface area contributed by atoms with Gasteiger partial charge in [-0.25, -0.2) is 0 Å². The van der Waals surface area contributed by atoms with E-state index in [0.29, 0.717) is 6.04 Å². The van der Waals surface area contributed by atoms with Crippen LogP contribution >= 0.6 is 0 Å². The van der Waals surface area contributed by atoms with Gasteiger partial charge in [-0.05, 0) is 60.4 Å². The molecule has 2 aliphatic rings. The summed E-state index contributed by atoms with van der Waals surface area (Å²) in [5, 5.41) is 4.88. The average Bonchev–Trinajstić information content (AvgIpc) is 2.79. The number of rotatable bonds is 1. The lowest BCUT2D eigenvalue weighted by molar-refractivity contribution is -0.0286. The summed E-state index contributed by atoms with van der Waals surface area (Å²) in [6.07, 6.45) is 11.3. The molecule has 0 saturated carbocycles. The maximum Gasteiger partial charge on any atom is 0.0700 e. The molecule has 3 heteroatoms. The number of hydrogen-bond acceptors (Lipinski definition) is 2. The first kappa shape index (κ1) is 13.9. The summed E-state index contributed by atoms with van der Waals surface area (Å²) in [7, 11) is 2.26. The van der Waals surface area contributed by atoms with Crippen molar-refractivity contribution in [1.29, 1.82) is 0 Å². The molecule has 0 bridgehead atoms. The van der Waals surface area contributed by atoms with Crippen molar-refractivity contribution < 1.29 is 0 Å². The molecule has 2 heterocycles. The molecule has 1 aliphatic heterocycles. The van der Waals surface area contributed by atoms with Crippen molar-refractivity contribution in [2.45, 2.75) is 70.5 Å². The van der Waals surface area contributed by atoms with Crippen LogP contribution in [0, 0.1) is 0 Å². The van der Waals surface area contributed by atoms with Gasteiger partial charge in [-0.15, -0.1) is 0 Å². The lowest BCUT2D eigenvalue weighted by Gasteiger charge is -2.53. The van der Waals surface area contributed by atoms with Gasteiger partial charge in [0.2, 0.25) is 0 Å². The zero-order valence-electron chi connectivity index (χ0n) is 13.5. The number of aryl methyl sites for hydroxylation is 1. The highest BCUT2D eigenvalue weighted by atomic mass is 15.3. The monoisotopic (exact) mass is 273 g/mol. The molecule has 0 unspecified atom stereocenters. The van der Waals surface area contributed by atoms with E-state index in [-0.39, 0.29) is 11.1 Å². The minimum absolute atomic E-state index is 0.217. The predicted octanol–water partition coefficient (Wildman–Crippen LogP) is 3.67. The second kappa shape index (κ2) is 4.45. The number of fused-ring (bicyclic) bond motifs is 1. The third-order valence-corrected chi connectivity index (χ3v) is 5.35. The number of hydrogen-bond donors (Lipinski definition) is 0. The fraction of sp³-hybridized carbons (Fsp3) is 0.706. The number of likely N-dealkylation sites (tertiary alicyclic amines) is 1. The van der Waals surface area contributed by atoms with Crippen molar-refractivity contribution >= 4 is 6.08 Å². The topological polar surface area (TPSA) is 21.1 Å². The van der Waals surface area contributed by atoms with E-state index >= 15 is 0 Å². The molecule has 110 valence electrons. The van der Waals surface area contributed by atoms with Gasteiger partial charge in [0.25, 0.3) is 0 Å². The molecular formula is C17H27N3. The minimum atomic E-state index is 0.217. The molecule has 1 aromatic heterocycles. The van der Waals surface area contributed by atoms with Gasteiger partial charge in [0.05, 0.1) is 11.7 Å². The van der Waals surface area contributed by atoms with E-state index in [1.807, 2.05) is 0 Å². The normalized spacial score (nSPS) is 25.6. The molecule has 20 heavy (non-hydrogen) atoms. The van der Waals surface area contributed by atoms with Crippen molar-refractivity contribution in [3.8, 4) is 0 Å². The summed E-state index contributed by atoms with van der Waals surface area (Å²) in [6, 6.07) is 0.509. The number of allylic oxidation sites excluding steroid dienone is 1. The summed E-state index contributed by atoms with van der Waals surface area (Å²) >= 11 is 0. The van der Waals surface area contributed by atoms with Gasteiger partial charge in [-0.2, -0.15) is 5.10 Å². The summed E-state index contributed by atoms with van der Waals surface area (Å²) in [4.78, 5) is 2.53. The van der Waals surface area contributed by atoms with Crippen LogP contribution in [-0.2, 0) is 6.42 Å². The molecule has 3 nitrogen and oxygen atoms in total. The first-order valence-electron chi connectivity index (χ1n) is 7.78. The molecule has 0 spiro atoms. The van der Waals surface area contributed by atoms with Gasteiger partial charge in [-0.3, -0.25) is 9.58 Å². The van der Waals surface area contributed by atoms with Crippen molar-refractivity contribution in [2.24, 2.45) is 0 Å². The SMILES string of the molecule is CN1C(C)(C)CC(n2cc3c(n2)CCC=C3)CC1(C)C. The van der Waals surface area contributed by atoms with Crippen LogP contribution in [0.4, 0.5) is 0 Å². The van der Waals surface area contributed by atoms with Crippen molar-refractivity contribution in [2.75, 3.05) is 7.05 Å². The Labute approximate surface area is 122 Å². The van der Waals surface area contributed by atoms with Crippen molar-refractivity contribution in [3.05, 3.63) is 23.5 Å². The lowest BCUT2D eigenvalue weighted by atomic mass is 9.77. The molecular weight excluding hydrogens is 246 g/mol. The van der Waals surface area contributed by atoms with Gasteiger partial charge in [0.1, 0.15) is 0 Å². The molecule has 1 fully saturated rings. The van der Waals surface area contributed by atoms with E-state index in [4.69, 9.17) is 5.10 Å². The Kier molecular flexibility index (Phi) is 3.09. The van der Waals surface area contributed by atoms with Crippen LogP contribution in [0.25, 0.3) is 6.08 Å². The fourth-order valence-electron chi connectivity index (χ4n) is 3.90. The standard InChI is InChI=1S/C17H27N3/c1-16(2)10-14(11-17(3,4)19(16)5)20-12-13-8-6-7-9-15(13)18-20/h6,8,12,14H,7,9-11H2,1-5H3. The van der Waals surface area contributed by atoms with E-state index < -0.39 is 0 Å². The molecule has 0 N–H and O–H groups in total. The maximum absolute atomic E-state index is 4.88. The third-order valence-electron chi connectivity index (χ3n) is 5.35. The summed E-state index contributed by atoms with van der Waals surface area (Å²) in [6.45, 7) is 9.41. The smallest absolute Gasteiger partial charge is 0.0700 e. The van der Waals surface area contributed by atoms with E-state index in [2.05, 4.69) is 62.7 Å². The average molecular weight is 273 g/mol. The molecule has 1 aromatic rings. The molecule has 0 radical (unpaired) electrons. The fourth-order valence-corrected chi connectivity index (χ4v) is 3.90. The largest absolute Gasteiger partial charge is 0.296 e. The minimum Gasteiger partial charge on any atom is -0.296 e. The zero-order valence-corrected chi connectivity index (χ0v) is 13.5. The van der Waals surface area contributed by atoms with Gasteiger partial charge >= 0.3 is 0 Å². The van der Waals surface area contributed by atoms with Crippen LogP contribution in [0.15, 0.2) is 12.3 Å². The lowest BCUT2D eigenvalue weighted by Crippen LogP contribution is -2.58. The predicted molar refractivity (Wildman–Crippen MR) is 83.8 cm³/mol. The van der Waals surface area contributed by atoms with E-state index in [0.717, 1.165) is 25.7 Å². The highest BCUT2D eigenvalue weighted by molar-refractivity contribution is 5.53. The Bertz CT molecular complexity index is 518. The van der Waals surface area contributed by atoms with Crippen molar-refractivity contribution in [1.82, 2.24) is 14.7 Å². The Hall–Kier alpha value is -1.09. The van der Waals surface area contributed by atoms with Crippen molar-refractivity contribution in [3.63, 3.8) is 0 Å². The highest BCUT2D eigenvalue weighted by Gasteiger charge is 2.43. The third kappa shape index (κ3) is 2.22. The maximum atomic E-state index is 4.88. The summed E-state index contributed by atoms with van der Waals surface area (Å²) < 4.78 is 2.25.